The highest BCUT2D eigenvalue weighted by molar-refractivity contribution is 6.30. The fourth-order valence-electron chi connectivity index (χ4n) is 1.58. The number of carbonyl (C=O) groups excluding carboxylic acids is 1. The number of methoxy groups -OCH3 is 1. The summed E-state index contributed by atoms with van der Waals surface area (Å²) in [5, 5.41) is 3.83. The zero-order valence-electron chi connectivity index (χ0n) is 10.4. The maximum absolute atomic E-state index is 11.6. The van der Waals surface area contributed by atoms with Crippen molar-refractivity contribution in [1.82, 2.24) is 0 Å². The predicted molar refractivity (Wildman–Crippen MR) is 70.3 cm³/mol. The number of esters is 1. The van der Waals surface area contributed by atoms with Crippen LogP contribution in [0, 0.1) is 5.92 Å². The van der Waals surface area contributed by atoms with Crippen molar-refractivity contribution < 1.29 is 9.53 Å². The molecule has 1 N–H and O–H groups in total. The first-order chi connectivity index (χ1) is 8.02. The first-order valence-corrected chi connectivity index (χ1v) is 6.00. The van der Waals surface area contributed by atoms with Gasteiger partial charge in [0, 0.05) is 10.7 Å². The molecule has 0 spiro atoms. The van der Waals surface area contributed by atoms with Crippen molar-refractivity contribution in [2.75, 3.05) is 12.4 Å². The third-order valence-corrected chi connectivity index (χ3v) is 2.63. The van der Waals surface area contributed by atoms with Crippen LogP contribution in [-0.2, 0) is 9.53 Å². The Hall–Kier alpha value is -1.22. The Morgan fingerprint density at radius 2 is 1.94 bits per heavy atom. The molecule has 0 radical (unpaired) electrons. The highest BCUT2D eigenvalue weighted by atomic mass is 35.5. The van der Waals surface area contributed by atoms with Crippen LogP contribution in [0.5, 0.6) is 0 Å². The summed E-state index contributed by atoms with van der Waals surface area (Å²) in [6.45, 7) is 4.14. The molecule has 0 aliphatic heterocycles. The number of anilines is 1. The summed E-state index contributed by atoms with van der Waals surface area (Å²) in [6, 6.07) is 6.94. The fraction of sp³-hybridized carbons (Fsp3) is 0.462. The topological polar surface area (TPSA) is 38.3 Å². The number of halogens is 1. The van der Waals surface area contributed by atoms with Gasteiger partial charge in [-0.3, -0.25) is 0 Å². The van der Waals surface area contributed by atoms with Gasteiger partial charge in [-0.05, 0) is 36.6 Å². The molecule has 0 aliphatic rings. The Balaban J connectivity index is 2.71. The first-order valence-electron chi connectivity index (χ1n) is 5.63. The molecule has 1 aromatic rings. The van der Waals surface area contributed by atoms with Gasteiger partial charge in [0.1, 0.15) is 6.04 Å². The SMILES string of the molecule is COC(=O)C(CC(C)C)Nc1ccc(Cl)cc1. The van der Waals surface area contributed by atoms with E-state index in [1.54, 1.807) is 12.1 Å². The highest BCUT2D eigenvalue weighted by Gasteiger charge is 2.19. The van der Waals surface area contributed by atoms with E-state index in [4.69, 9.17) is 16.3 Å². The molecular weight excluding hydrogens is 238 g/mol. The largest absolute Gasteiger partial charge is 0.467 e. The minimum atomic E-state index is -0.318. The van der Waals surface area contributed by atoms with Crippen molar-refractivity contribution >= 4 is 23.3 Å². The first kappa shape index (κ1) is 13.8. The summed E-state index contributed by atoms with van der Waals surface area (Å²) in [7, 11) is 1.40. The maximum Gasteiger partial charge on any atom is 0.328 e. The molecule has 0 fully saturated rings. The van der Waals surface area contributed by atoms with Crippen molar-refractivity contribution in [3.63, 3.8) is 0 Å². The smallest absolute Gasteiger partial charge is 0.328 e. The molecule has 1 atom stereocenters. The van der Waals surface area contributed by atoms with Gasteiger partial charge >= 0.3 is 5.97 Å². The van der Waals surface area contributed by atoms with E-state index >= 15 is 0 Å². The van der Waals surface area contributed by atoms with E-state index in [9.17, 15) is 4.79 Å². The second kappa shape index (κ2) is 6.50. The summed E-state index contributed by atoms with van der Waals surface area (Å²) in [4.78, 5) is 11.6. The van der Waals surface area contributed by atoms with Crippen LogP contribution in [-0.4, -0.2) is 19.1 Å². The second-order valence-corrected chi connectivity index (χ2v) is 4.79. The molecule has 0 amide bonds. The average molecular weight is 256 g/mol. The van der Waals surface area contributed by atoms with Gasteiger partial charge in [-0.15, -0.1) is 0 Å². The summed E-state index contributed by atoms with van der Waals surface area (Å²) in [5.74, 6) is 0.174. The Kier molecular flexibility index (Phi) is 5.29. The highest BCUT2D eigenvalue weighted by Crippen LogP contribution is 2.17. The van der Waals surface area contributed by atoms with Gasteiger partial charge in [0.05, 0.1) is 7.11 Å². The van der Waals surface area contributed by atoms with Crippen LogP contribution in [0.3, 0.4) is 0 Å². The number of carbonyl (C=O) groups is 1. The number of ether oxygens (including phenoxy) is 1. The van der Waals surface area contributed by atoms with Gasteiger partial charge in [-0.2, -0.15) is 0 Å². The van der Waals surface area contributed by atoms with E-state index < -0.39 is 0 Å². The lowest BCUT2D eigenvalue weighted by atomic mass is 10.0. The molecule has 0 bridgehead atoms. The van der Waals surface area contributed by atoms with Gasteiger partial charge in [-0.1, -0.05) is 25.4 Å². The van der Waals surface area contributed by atoms with Crippen LogP contribution >= 0.6 is 11.6 Å². The molecule has 0 heterocycles. The van der Waals surface area contributed by atoms with Crippen molar-refractivity contribution in [3.8, 4) is 0 Å². The van der Waals surface area contributed by atoms with Gasteiger partial charge in [0.25, 0.3) is 0 Å². The van der Waals surface area contributed by atoms with Gasteiger partial charge in [0.2, 0.25) is 0 Å². The molecule has 94 valence electrons. The van der Waals surface area contributed by atoms with Crippen LogP contribution in [0.4, 0.5) is 5.69 Å². The van der Waals surface area contributed by atoms with E-state index in [1.807, 2.05) is 12.1 Å². The van der Waals surface area contributed by atoms with E-state index in [2.05, 4.69) is 19.2 Å². The molecule has 17 heavy (non-hydrogen) atoms. The number of benzene rings is 1. The summed E-state index contributed by atoms with van der Waals surface area (Å²) < 4.78 is 4.78. The molecule has 0 saturated carbocycles. The number of rotatable bonds is 5. The number of nitrogens with one attached hydrogen (secondary N) is 1. The third-order valence-electron chi connectivity index (χ3n) is 2.38. The summed E-state index contributed by atoms with van der Waals surface area (Å²) in [6.07, 6.45) is 0.731. The zero-order valence-corrected chi connectivity index (χ0v) is 11.1. The lowest BCUT2D eigenvalue weighted by molar-refractivity contribution is -0.141. The van der Waals surface area contributed by atoms with Gasteiger partial charge < -0.3 is 10.1 Å². The summed E-state index contributed by atoms with van der Waals surface area (Å²) >= 11 is 5.80. The lowest BCUT2D eigenvalue weighted by Crippen LogP contribution is -2.32. The molecule has 0 saturated heterocycles. The van der Waals surface area contributed by atoms with Crippen molar-refractivity contribution in [1.29, 1.82) is 0 Å². The van der Waals surface area contributed by atoms with E-state index in [0.717, 1.165) is 12.1 Å². The van der Waals surface area contributed by atoms with Crippen molar-refractivity contribution in [2.24, 2.45) is 5.92 Å². The molecule has 0 aromatic heterocycles. The Labute approximate surface area is 107 Å². The van der Waals surface area contributed by atoms with E-state index in [1.165, 1.54) is 7.11 Å². The molecule has 1 unspecified atom stereocenters. The van der Waals surface area contributed by atoms with Crippen LogP contribution in [0.2, 0.25) is 5.02 Å². The lowest BCUT2D eigenvalue weighted by Gasteiger charge is -2.19. The molecule has 3 nitrogen and oxygen atoms in total. The van der Waals surface area contributed by atoms with Crippen LogP contribution in [0.15, 0.2) is 24.3 Å². The minimum absolute atomic E-state index is 0.242. The normalized spacial score (nSPS) is 12.3. The quantitative estimate of drug-likeness (QED) is 0.820. The molecule has 1 aromatic carbocycles. The van der Waals surface area contributed by atoms with Crippen LogP contribution in [0.25, 0.3) is 0 Å². The summed E-state index contributed by atoms with van der Waals surface area (Å²) in [5.41, 5.74) is 0.866. The van der Waals surface area contributed by atoms with E-state index in [-0.39, 0.29) is 12.0 Å². The van der Waals surface area contributed by atoms with E-state index in [0.29, 0.717) is 10.9 Å². The second-order valence-electron chi connectivity index (χ2n) is 4.36. The molecule has 4 heteroatoms. The fourth-order valence-corrected chi connectivity index (χ4v) is 1.70. The van der Waals surface area contributed by atoms with Crippen LogP contribution in [0.1, 0.15) is 20.3 Å². The standard InChI is InChI=1S/C13H18ClNO2/c1-9(2)8-12(13(16)17-3)15-11-6-4-10(14)5-7-11/h4-7,9,12,15H,8H2,1-3H3. The molecule has 1 rings (SSSR count). The Bertz CT molecular complexity index is 362. The van der Waals surface area contributed by atoms with Crippen LogP contribution < -0.4 is 5.32 Å². The maximum atomic E-state index is 11.6. The van der Waals surface area contributed by atoms with Gasteiger partial charge in [-0.25, -0.2) is 4.79 Å². The molecular formula is C13H18ClNO2. The van der Waals surface area contributed by atoms with Crippen molar-refractivity contribution in [3.05, 3.63) is 29.3 Å². The Morgan fingerprint density at radius 1 is 1.35 bits per heavy atom. The predicted octanol–water partition coefficient (Wildman–Crippen LogP) is 3.34. The van der Waals surface area contributed by atoms with Crippen molar-refractivity contribution in [2.45, 2.75) is 26.3 Å². The number of hydrogen-bond acceptors (Lipinski definition) is 3. The monoisotopic (exact) mass is 255 g/mol. The number of hydrogen-bond donors (Lipinski definition) is 1. The zero-order chi connectivity index (χ0) is 12.8. The molecule has 0 aliphatic carbocycles. The third kappa shape index (κ3) is 4.65. The minimum Gasteiger partial charge on any atom is -0.467 e. The van der Waals surface area contributed by atoms with Gasteiger partial charge in [0.15, 0.2) is 0 Å². The Morgan fingerprint density at radius 3 is 2.41 bits per heavy atom. The average Bonchev–Trinajstić information content (AvgIpc) is 2.29.